The van der Waals surface area contributed by atoms with Crippen LogP contribution in [0.25, 0.3) is 0 Å². The summed E-state index contributed by atoms with van der Waals surface area (Å²) in [5.41, 5.74) is 7.08. The topological polar surface area (TPSA) is 55.1 Å². The highest BCUT2D eigenvalue weighted by Crippen LogP contribution is 2.40. The van der Waals surface area contributed by atoms with Gasteiger partial charge in [-0.3, -0.25) is 4.79 Å². The molecule has 1 amide bonds. The zero-order valence-electron chi connectivity index (χ0n) is 10.2. The summed E-state index contributed by atoms with van der Waals surface area (Å²) in [6, 6.07) is 10.2. The first-order chi connectivity index (χ1) is 8.22. The molecule has 1 fully saturated rings. The summed E-state index contributed by atoms with van der Waals surface area (Å²) in [4.78, 5) is 11.7. The van der Waals surface area contributed by atoms with Gasteiger partial charge in [0, 0.05) is 12.0 Å². The maximum atomic E-state index is 11.7. The lowest BCUT2D eigenvalue weighted by molar-refractivity contribution is -0.122. The van der Waals surface area contributed by atoms with Crippen molar-refractivity contribution in [3.8, 4) is 0 Å². The molecule has 92 valence electrons. The third-order valence-electron chi connectivity index (χ3n) is 3.28. The minimum absolute atomic E-state index is 0.00437. The summed E-state index contributed by atoms with van der Waals surface area (Å²) in [6.45, 7) is 2.04. The van der Waals surface area contributed by atoms with Gasteiger partial charge in [-0.2, -0.15) is 0 Å². The smallest absolute Gasteiger partial charge is 0.237 e. The van der Waals surface area contributed by atoms with E-state index in [4.69, 9.17) is 5.73 Å². The fourth-order valence-corrected chi connectivity index (χ4v) is 2.16. The van der Waals surface area contributed by atoms with E-state index >= 15 is 0 Å². The Balaban J connectivity index is 1.82. The summed E-state index contributed by atoms with van der Waals surface area (Å²) < 4.78 is 0. The Morgan fingerprint density at radius 3 is 2.82 bits per heavy atom. The first-order valence-corrected chi connectivity index (χ1v) is 6.33. The monoisotopic (exact) mass is 232 g/mol. The Morgan fingerprint density at radius 1 is 1.47 bits per heavy atom. The largest absolute Gasteiger partial charge is 0.351 e. The van der Waals surface area contributed by atoms with E-state index in [1.807, 2.05) is 25.1 Å². The molecule has 1 aromatic carbocycles. The third-order valence-corrected chi connectivity index (χ3v) is 3.28. The molecule has 0 bridgehead atoms. The molecule has 3 heteroatoms. The fourth-order valence-electron chi connectivity index (χ4n) is 2.16. The van der Waals surface area contributed by atoms with E-state index in [1.165, 1.54) is 5.56 Å². The average Bonchev–Trinajstić information content (AvgIpc) is 3.10. The van der Waals surface area contributed by atoms with Crippen LogP contribution in [-0.2, 0) is 4.79 Å². The number of nitrogens with one attached hydrogen (secondary N) is 1. The molecule has 0 aliphatic heterocycles. The van der Waals surface area contributed by atoms with Crippen molar-refractivity contribution >= 4 is 5.91 Å². The summed E-state index contributed by atoms with van der Waals surface area (Å²) in [7, 11) is 0. The number of nitrogens with two attached hydrogens (primary N) is 1. The standard InChI is InChI=1S/C14H20N2O/c1-2-6-12(15)14(17)16-13-9-11(13)10-7-4-3-5-8-10/h3-5,7-8,11-13H,2,6,9,15H2,1H3,(H,16,17)/t11?,12-,13?/m1/s1. The van der Waals surface area contributed by atoms with Crippen LogP contribution in [0.3, 0.4) is 0 Å². The number of rotatable bonds is 5. The number of hydrogen-bond donors (Lipinski definition) is 2. The quantitative estimate of drug-likeness (QED) is 0.813. The molecule has 1 aromatic rings. The van der Waals surface area contributed by atoms with E-state index < -0.39 is 0 Å². The number of benzene rings is 1. The van der Waals surface area contributed by atoms with Crippen LogP contribution < -0.4 is 11.1 Å². The molecular weight excluding hydrogens is 212 g/mol. The molecular formula is C14H20N2O. The highest BCUT2D eigenvalue weighted by Gasteiger charge is 2.39. The van der Waals surface area contributed by atoms with E-state index in [0.29, 0.717) is 5.92 Å². The van der Waals surface area contributed by atoms with Gasteiger partial charge in [0.1, 0.15) is 0 Å². The van der Waals surface area contributed by atoms with Gasteiger partial charge in [-0.15, -0.1) is 0 Å². The van der Waals surface area contributed by atoms with Crippen LogP contribution in [0.15, 0.2) is 30.3 Å². The molecule has 3 nitrogen and oxygen atoms in total. The normalized spacial score (nSPS) is 24.1. The lowest BCUT2D eigenvalue weighted by Gasteiger charge is -2.10. The highest BCUT2D eigenvalue weighted by atomic mass is 16.2. The molecule has 0 aromatic heterocycles. The second-order valence-corrected chi connectivity index (χ2v) is 4.76. The average molecular weight is 232 g/mol. The van der Waals surface area contributed by atoms with Gasteiger partial charge in [0.05, 0.1) is 6.04 Å². The number of carbonyl (C=O) groups is 1. The van der Waals surface area contributed by atoms with Crippen LogP contribution in [-0.4, -0.2) is 18.0 Å². The van der Waals surface area contributed by atoms with Crippen molar-refractivity contribution < 1.29 is 4.79 Å². The van der Waals surface area contributed by atoms with Crippen molar-refractivity contribution in [1.82, 2.24) is 5.32 Å². The molecule has 0 heterocycles. The van der Waals surface area contributed by atoms with Crippen molar-refractivity contribution in [3.05, 3.63) is 35.9 Å². The Morgan fingerprint density at radius 2 is 2.18 bits per heavy atom. The fraction of sp³-hybridized carbons (Fsp3) is 0.500. The molecule has 0 saturated heterocycles. The maximum Gasteiger partial charge on any atom is 0.237 e. The van der Waals surface area contributed by atoms with E-state index in [1.54, 1.807) is 0 Å². The van der Waals surface area contributed by atoms with Crippen LogP contribution in [0.1, 0.15) is 37.7 Å². The van der Waals surface area contributed by atoms with Gasteiger partial charge in [-0.1, -0.05) is 43.7 Å². The number of hydrogen-bond acceptors (Lipinski definition) is 2. The molecule has 3 N–H and O–H groups in total. The van der Waals surface area contributed by atoms with Crippen molar-refractivity contribution in [2.45, 2.75) is 44.2 Å². The molecule has 0 radical (unpaired) electrons. The summed E-state index contributed by atoms with van der Waals surface area (Å²) in [5, 5.41) is 3.02. The predicted molar refractivity (Wildman–Crippen MR) is 68.6 cm³/mol. The second kappa shape index (κ2) is 5.32. The van der Waals surface area contributed by atoms with Crippen molar-refractivity contribution in [2.24, 2.45) is 5.73 Å². The van der Waals surface area contributed by atoms with Crippen molar-refractivity contribution in [1.29, 1.82) is 0 Å². The maximum absolute atomic E-state index is 11.7. The zero-order valence-corrected chi connectivity index (χ0v) is 10.2. The predicted octanol–water partition coefficient (Wildman–Crippen LogP) is 1.79. The van der Waals surface area contributed by atoms with Gasteiger partial charge < -0.3 is 11.1 Å². The molecule has 1 aliphatic carbocycles. The van der Waals surface area contributed by atoms with Crippen LogP contribution in [0.2, 0.25) is 0 Å². The van der Waals surface area contributed by atoms with Gasteiger partial charge >= 0.3 is 0 Å². The van der Waals surface area contributed by atoms with E-state index in [-0.39, 0.29) is 18.0 Å². The van der Waals surface area contributed by atoms with Gasteiger partial charge in [-0.25, -0.2) is 0 Å². The van der Waals surface area contributed by atoms with Gasteiger partial charge in [-0.05, 0) is 18.4 Å². The first kappa shape index (κ1) is 12.1. The van der Waals surface area contributed by atoms with Crippen LogP contribution in [0.5, 0.6) is 0 Å². The Kier molecular flexibility index (Phi) is 3.79. The van der Waals surface area contributed by atoms with E-state index in [9.17, 15) is 4.79 Å². The Bertz CT molecular complexity index is 377. The van der Waals surface area contributed by atoms with Crippen molar-refractivity contribution in [3.63, 3.8) is 0 Å². The van der Waals surface area contributed by atoms with Gasteiger partial charge in [0.15, 0.2) is 0 Å². The first-order valence-electron chi connectivity index (χ1n) is 6.33. The molecule has 3 atom stereocenters. The third kappa shape index (κ3) is 3.07. The minimum Gasteiger partial charge on any atom is -0.351 e. The molecule has 2 unspecified atom stereocenters. The van der Waals surface area contributed by atoms with Crippen LogP contribution >= 0.6 is 0 Å². The molecule has 0 spiro atoms. The Labute approximate surface area is 102 Å². The molecule has 2 rings (SSSR count). The number of carbonyl (C=O) groups excluding carboxylic acids is 1. The molecule has 1 aliphatic rings. The number of amides is 1. The lowest BCUT2D eigenvalue weighted by atomic mass is 10.1. The summed E-state index contributed by atoms with van der Waals surface area (Å²) in [6.07, 6.45) is 2.74. The lowest BCUT2D eigenvalue weighted by Crippen LogP contribution is -2.41. The van der Waals surface area contributed by atoms with E-state index in [0.717, 1.165) is 19.3 Å². The van der Waals surface area contributed by atoms with Crippen LogP contribution in [0.4, 0.5) is 0 Å². The zero-order chi connectivity index (χ0) is 12.3. The molecule has 1 saturated carbocycles. The SMILES string of the molecule is CCC[C@@H](N)C(=O)NC1CC1c1ccccc1. The summed E-state index contributed by atoms with van der Waals surface area (Å²) in [5.74, 6) is 0.476. The Hall–Kier alpha value is -1.35. The highest BCUT2D eigenvalue weighted by molar-refractivity contribution is 5.82. The van der Waals surface area contributed by atoms with Gasteiger partial charge in [0.2, 0.25) is 5.91 Å². The van der Waals surface area contributed by atoms with E-state index in [2.05, 4.69) is 17.4 Å². The minimum atomic E-state index is -0.350. The second-order valence-electron chi connectivity index (χ2n) is 4.76. The van der Waals surface area contributed by atoms with Gasteiger partial charge in [0.25, 0.3) is 0 Å². The summed E-state index contributed by atoms with van der Waals surface area (Å²) >= 11 is 0. The van der Waals surface area contributed by atoms with Crippen molar-refractivity contribution in [2.75, 3.05) is 0 Å². The molecule has 17 heavy (non-hydrogen) atoms. The van der Waals surface area contributed by atoms with Crippen LogP contribution in [0, 0.1) is 0 Å².